The normalized spacial score (nSPS) is 13.5. The average Bonchev–Trinajstić information content (AvgIpc) is 1.77. The van der Waals surface area contributed by atoms with Crippen LogP contribution < -0.4 is 0 Å². The number of aromatic nitrogens is 3. The number of aliphatic hydroxyl groups excluding tert-OH is 2. The molecule has 2 N–H and O–H groups in total. The molecule has 0 saturated carbocycles. The number of esters is 1. The molecule has 0 bridgehead atoms. The molecule has 6 aromatic carbocycles. The molecule has 1 saturated heterocycles. The Morgan fingerprint density at radius 3 is 1.27 bits per heavy atom. The minimum absolute atomic E-state index is 0.0551. The number of ether oxygens (including phenoxy) is 2. The smallest absolute Gasteiger partial charge is 0.340 e. The lowest BCUT2D eigenvalue weighted by molar-refractivity contribution is 0.0524. The first-order valence-electron chi connectivity index (χ1n) is 32.3. The molecule has 0 atom stereocenters. The number of pyridine rings is 3. The van der Waals surface area contributed by atoms with Crippen molar-refractivity contribution in [2.45, 2.75) is 150 Å². The Bertz CT molecular complexity index is 4050. The Hall–Kier alpha value is -6.65. The van der Waals surface area contributed by atoms with E-state index in [-0.39, 0.29) is 54.4 Å². The molecule has 1 aliphatic heterocycles. The fourth-order valence-corrected chi connectivity index (χ4v) is 14.0. The quantitative estimate of drug-likeness (QED) is 0.103. The maximum Gasteiger partial charge on any atom is 0.340 e. The molecule has 8 nitrogen and oxygen atoms in total. The van der Waals surface area contributed by atoms with Crippen LogP contribution in [0.2, 0.25) is 0 Å². The van der Waals surface area contributed by atoms with Gasteiger partial charge in [0.1, 0.15) is 17.5 Å². The Morgan fingerprint density at radius 2 is 0.849 bits per heavy atom. The number of fused-ring (bicyclic) bond motifs is 6. The molecule has 14 heteroatoms. The van der Waals surface area contributed by atoms with Gasteiger partial charge in [0.05, 0.1) is 31.1 Å². The van der Waals surface area contributed by atoms with Crippen LogP contribution in [0, 0.1) is 17.5 Å². The van der Waals surface area contributed by atoms with Crippen molar-refractivity contribution in [3.8, 4) is 33.4 Å². The number of nitrogens with zero attached hydrogens (tertiary/aromatic N) is 3. The summed E-state index contributed by atoms with van der Waals surface area (Å²) < 4.78 is 53.4. The molecule has 1 fully saturated rings. The highest BCUT2D eigenvalue weighted by Gasteiger charge is 2.31. The second-order valence-electron chi connectivity index (χ2n) is 24.7. The summed E-state index contributed by atoms with van der Waals surface area (Å²) in [6.07, 6.45) is 10.1. The molecule has 3 aromatic heterocycles. The molecule has 0 unspecified atom stereocenters. The first-order chi connectivity index (χ1) is 44.9. The SMILES string of the molecule is C1CCOC1.CBr.CC(C)c1nc2c(c(-c3ccc(F)cc3)c1CO)Cc1cc(Br)ccc1CC2.CC(C)c1nc2c(c(-c3ccc(F)cc3)c1CO)Cc1ccc(Br)cc1CC2.CCOC(=O)c1c(C(C)C)nc2c(c1-c1ccc(F)cc1)Cc1ccccc1CC2. The molecule has 9 aromatic rings. The Labute approximate surface area is 572 Å². The first-order valence-corrected chi connectivity index (χ1v) is 35.5. The summed E-state index contributed by atoms with van der Waals surface area (Å²) in [7, 11) is 0. The molecule has 486 valence electrons. The number of hydrogen-bond acceptors (Lipinski definition) is 8. The van der Waals surface area contributed by atoms with Gasteiger partial charge in [0, 0.05) is 86.6 Å². The van der Waals surface area contributed by atoms with Crippen LogP contribution >= 0.6 is 47.8 Å². The monoisotopic (exact) mass is 1450 g/mol. The fraction of sp³-hybridized carbons (Fsp3) is 0.342. The van der Waals surface area contributed by atoms with Gasteiger partial charge in [-0.3, -0.25) is 15.0 Å². The van der Waals surface area contributed by atoms with Gasteiger partial charge in [0.2, 0.25) is 0 Å². The predicted molar refractivity (Wildman–Crippen MR) is 379 cm³/mol. The zero-order chi connectivity index (χ0) is 66.5. The van der Waals surface area contributed by atoms with Gasteiger partial charge in [-0.25, -0.2) is 18.0 Å². The highest BCUT2D eigenvalue weighted by Crippen LogP contribution is 2.42. The van der Waals surface area contributed by atoms with Gasteiger partial charge in [0.15, 0.2) is 0 Å². The van der Waals surface area contributed by atoms with E-state index in [1.165, 1.54) is 82.6 Å². The Morgan fingerprint density at radius 1 is 0.484 bits per heavy atom. The molecule has 0 radical (unpaired) electrons. The van der Waals surface area contributed by atoms with Crippen molar-refractivity contribution in [3.63, 3.8) is 0 Å². The molecule has 0 amide bonds. The predicted octanol–water partition coefficient (Wildman–Crippen LogP) is 19.6. The number of hydrogen-bond donors (Lipinski definition) is 2. The first kappa shape index (κ1) is 70.7. The maximum absolute atomic E-state index is 13.7. The van der Waals surface area contributed by atoms with Crippen LogP contribution in [-0.2, 0) is 80.5 Å². The fourth-order valence-electron chi connectivity index (χ4n) is 13.1. The third-order valence-corrected chi connectivity index (χ3v) is 18.5. The van der Waals surface area contributed by atoms with E-state index >= 15 is 0 Å². The molecule has 3 aliphatic carbocycles. The summed E-state index contributed by atoms with van der Waals surface area (Å²) >= 11 is 10.1. The van der Waals surface area contributed by atoms with Gasteiger partial charge in [-0.1, -0.05) is 162 Å². The molecule has 0 spiro atoms. The summed E-state index contributed by atoms with van der Waals surface area (Å²) in [5, 5.41) is 20.5. The van der Waals surface area contributed by atoms with Crippen LogP contribution in [0.1, 0.15) is 185 Å². The van der Waals surface area contributed by atoms with Gasteiger partial charge >= 0.3 is 5.97 Å². The lowest BCUT2D eigenvalue weighted by atomic mass is 9.87. The van der Waals surface area contributed by atoms with Crippen LogP contribution in [0.4, 0.5) is 13.2 Å². The number of alkyl halides is 1. The van der Waals surface area contributed by atoms with Crippen molar-refractivity contribution < 1.29 is 37.7 Å². The number of halogens is 6. The van der Waals surface area contributed by atoms with Crippen LogP contribution in [-0.4, -0.2) is 56.8 Å². The summed E-state index contributed by atoms with van der Waals surface area (Å²) in [4.78, 5) is 28.1. The van der Waals surface area contributed by atoms with Crippen molar-refractivity contribution in [1.29, 1.82) is 0 Å². The largest absolute Gasteiger partial charge is 0.462 e. The number of benzene rings is 6. The summed E-state index contributed by atoms with van der Waals surface area (Å²) in [5.41, 5.74) is 24.7. The summed E-state index contributed by atoms with van der Waals surface area (Å²) in [6.45, 7) is 16.4. The van der Waals surface area contributed by atoms with Gasteiger partial charge < -0.3 is 19.7 Å². The zero-order valence-corrected chi connectivity index (χ0v) is 59.2. The van der Waals surface area contributed by atoms with Crippen LogP contribution in [0.3, 0.4) is 0 Å². The topological polar surface area (TPSA) is 115 Å². The lowest BCUT2D eigenvalue weighted by Gasteiger charge is -2.22. The van der Waals surface area contributed by atoms with Gasteiger partial charge in [-0.2, -0.15) is 0 Å². The zero-order valence-electron chi connectivity index (χ0n) is 54.5. The van der Waals surface area contributed by atoms with E-state index in [1.807, 2.05) is 37.9 Å². The minimum atomic E-state index is -0.367. The average molecular weight is 1450 g/mol. The molecular weight excluding hydrogens is 1370 g/mol. The Balaban J connectivity index is 0.000000156. The second kappa shape index (κ2) is 33.1. The van der Waals surface area contributed by atoms with E-state index in [4.69, 9.17) is 24.4 Å². The number of aliphatic hydroxyl groups is 2. The number of aryl methyl sites for hydroxylation is 6. The number of rotatable bonds is 10. The van der Waals surface area contributed by atoms with E-state index < -0.39 is 0 Å². The minimum Gasteiger partial charge on any atom is -0.462 e. The molecule has 93 heavy (non-hydrogen) atoms. The van der Waals surface area contributed by atoms with E-state index in [1.54, 1.807) is 31.2 Å². The van der Waals surface area contributed by atoms with E-state index in [0.29, 0.717) is 18.6 Å². The summed E-state index contributed by atoms with van der Waals surface area (Å²) in [6, 6.07) is 40.8. The standard InChI is InChI=1S/C26H26FNO2.2C24H23BrFNO.C4H8O.CH3Br/c1-4-30-26(29)24-23(18-9-12-20(27)13-10-18)21-15-19-8-6-5-7-17(19)11-14-22(21)28-25(24)16(2)3;1-14(2)24-21(13-28)23(15-4-8-19(26)9-5-15)20-12-17-3-7-18(25)11-16(17)6-10-22(20)27-24;1-14(2)24-21(13-28)23(16-4-8-19(26)9-5-16)20-12-17-11-18(25)7-3-15(17)6-10-22(20)27-24;1-2-4-5-3-1;1-2/h5-10,12-13,16H,4,11,14-15H2,1-3H3;2*3-5,7-9,11,14,28H,6,10,12-13H2,1-2H3;1-4H2;1H3. The highest BCUT2D eigenvalue weighted by molar-refractivity contribution is 9.10. The van der Waals surface area contributed by atoms with E-state index in [0.717, 1.165) is 169 Å². The van der Waals surface area contributed by atoms with E-state index in [9.17, 15) is 28.2 Å². The van der Waals surface area contributed by atoms with Crippen molar-refractivity contribution in [1.82, 2.24) is 15.0 Å². The Kier molecular flexibility index (Phi) is 25.2. The van der Waals surface area contributed by atoms with Gasteiger partial charge in [-0.15, -0.1) is 0 Å². The van der Waals surface area contributed by atoms with Crippen molar-refractivity contribution >= 4 is 53.8 Å². The number of carbonyl (C=O) groups is 1. The van der Waals surface area contributed by atoms with Crippen molar-refractivity contribution in [2.75, 3.05) is 25.7 Å². The van der Waals surface area contributed by atoms with Crippen molar-refractivity contribution in [2.24, 2.45) is 0 Å². The third-order valence-electron chi connectivity index (χ3n) is 17.6. The molecule has 4 aliphatic rings. The molecule has 13 rings (SSSR count). The van der Waals surface area contributed by atoms with Crippen LogP contribution in [0.15, 0.2) is 142 Å². The van der Waals surface area contributed by atoms with Gasteiger partial charge in [-0.05, 0) is 220 Å². The third kappa shape index (κ3) is 16.9. The lowest BCUT2D eigenvalue weighted by Crippen LogP contribution is -2.17. The number of carbonyl (C=O) groups excluding carboxylic acids is 1. The maximum atomic E-state index is 13.7. The van der Waals surface area contributed by atoms with Crippen LogP contribution in [0.25, 0.3) is 33.4 Å². The molecule has 4 heterocycles. The second-order valence-corrected chi connectivity index (χ2v) is 26.5. The molecular formula is C79H83Br3F3N3O5. The van der Waals surface area contributed by atoms with Crippen LogP contribution in [0.5, 0.6) is 0 Å². The van der Waals surface area contributed by atoms with Gasteiger partial charge in [0.25, 0.3) is 0 Å². The summed E-state index contributed by atoms with van der Waals surface area (Å²) in [5.74, 6) is 1.09. The highest BCUT2D eigenvalue weighted by atomic mass is 79.9. The van der Waals surface area contributed by atoms with E-state index in [2.05, 4.69) is 130 Å². The van der Waals surface area contributed by atoms with Crippen molar-refractivity contribution in [3.05, 3.63) is 261 Å².